The molecular formula is C17H26N2O2. The molecule has 2 N–H and O–H groups in total. The fourth-order valence-corrected chi connectivity index (χ4v) is 3.54. The Labute approximate surface area is 127 Å². The van der Waals surface area contributed by atoms with E-state index in [1.807, 2.05) is 6.07 Å². The van der Waals surface area contributed by atoms with Crippen LogP contribution in [0, 0.1) is 0 Å². The van der Waals surface area contributed by atoms with Crippen LogP contribution in [0.3, 0.4) is 0 Å². The average Bonchev–Trinajstić information content (AvgIpc) is 2.76. The quantitative estimate of drug-likeness (QED) is 0.685. The fraction of sp³-hybridized carbons (Fsp3) is 0.647. The van der Waals surface area contributed by atoms with Gasteiger partial charge in [0.25, 0.3) is 0 Å². The number of benzene rings is 1. The Bertz CT molecular complexity index is 482. The van der Waals surface area contributed by atoms with Crippen molar-refractivity contribution in [1.29, 1.82) is 0 Å². The Hall–Kier alpha value is -1.26. The van der Waals surface area contributed by atoms with Gasteiger partial charge in [-0.25, -0.2) is 0 Å². The summed E-state index contributed by atoms with van der Waals surface area (Å²) in [5.74, 6) is 0.982. The lowest BCUT2D eigenvalue weighted by atomic mass is 10.0. The predicted octanol–water partition coefficient (Wildman–Crippen LogP) is 3.29. The second-order valence-corrected chi connectivity index (χ2v) is 6.34. The van der Waals surface area contributed by atoms with Crippen LogP contribution >= 0.6 is 0 Å². The van der Waals surface area contributed by atoms with Crippen molar-refractivity contribution in [2.24, 2.45) is 0 Å². The van der Waals surface area contributed by atoms with E-state index >= 15 is 0 Å². The van der Waals surface area contributed by atoms with Crippen LogP contribution < -0.4 is 10.5 Å². The number of hydrogen-bond donors (Lipinski definition) is 1. The molecule has 0 aromatic heterocycles. The molecule has 4 nitrogen and oxygen atoms in total. The molecule has 1 aliphatic heterocycles. The summed E-state index contributed by atoms with van der Waals surface area (Å²) >= 11 is 0. The standard InChI is InChI=1S/C17H26N2O2/c1-19(16-6-4-2-3-5-7-16)10-13-8-15(18)9-14-11-20-12-21-17(13)14/h8-9,16H,2-7,10-12,18H2,1H3. The van der Waals surface area contributed by atoms with Gasteiger partial charge < -0.3 is 15.2 Å². The van der Waals surface area contributed by atoms with Gasteiger partial charge in [-0.3, -0.25) is 4.90 Å². The van der Waals surface area contributed by atoms with Gasteiger partial charge in [0.05, 0.1) is 6.61 Å². The van der Waals surface area contributed by atoms with Gasteiger partial charge in [-0.15, -0.1) is 0 Å². The second kappa shape index (κ2) is 6.67. The van der Waals surface area contributed by atoms with Gasteiger partial charge >= 0.3 is 0 Å². The van der Waals surface area contributed by atoms with Gasteiger partial charge in [0.15, 0.2) is 6.79 Å². The van der Waals surface area contributed by atoms with Gasteiger partial charge in [-0.2, -0.15) is 0 Å². The van der Waals surface area contributed by atoms with E-state index < -0.39 is 0 Å². The molecular weight excluding hydrogens is 264 g/mol. The molecule has 4 heteroatoms. The number of ether oxygens (including phenoxy) is 2. The third-order valence-electron chi connectivity index (χ3n) is 4.68. The minimum absolute atomic E-state index is 0.344. The number of nitrogens with two attached hydrogens (primary N) is 1. The molecule has 21 heavy (non-hydrogen) atoms. The number of hydrogen-bond acceptors (Lipinski definition) is 4. The van der Waals surface area contributed by atoms with Gasteiger partial charge in [0.2, 0.25) is 0 Å². The lowest BCUT2D eigenvalue weighted by molar-refractivity contribution is -0.0175. The Morgan fingerprint density at radius 3 is 2.71 bits per heavy atom. The minimum Gasteiger partial charge on any atom is -0.467 e. The van der Waals surface area contributed by atoms with E-state index in [1.54, 1.807) is 0 Å². The van der Waals surface area contributed by atoms with Crippen molar-refractivity contribution in [3.05, 3.63) is 23.3 Å². The highest BCUT2D eigenvalue weighted by Crippen LogP contribution is 2.32. The van der Waals surface area contributed by atoms with E-state index in [9.17, 15) is 0 Å². The molecule has 0 radical (unpaired) electrons. The van der Waals surface area contributed by atoms with Crippen LogP contribution in [0.25, 0.3) is 0 Å². The zero-order valence-electron chi connectivity index (χ0n) is 12.9. The van der Waals surface area contributed by atoms with Crippen LogP contribution in [0.5, 0.6) is 5.75 Å². The summed E-state index contributed by atoms with van der Waals surface area (Å²) in [7, 11) is 2.23. The predicted molar refractivity (Wildman–Crippen MR) is 84.1 cm³/mol. The molecule has 1 aliphatic carbocycles. The van der Waals surface area contributed by atoms with E-state index in [2.05, 4.69) is 18.0 Å². The summed E-state index contributed by atoms with van der Waals surface area (Å²) in [4.78, 5) is 2.47. The van der Waals surface area contributed by atoms with Crippen LogP contribution in [-0.4, -0.2) is 24.8 Å². The fourth-order valence-electron chi connectivity index (χ4n) is 3.54. The molecule has 1 aromatic rings. The normalized spacial score (nSPS) is 19.9. The van der Waals surface area contributed by atoms with E-state index in [1.165, 1.54) is 44.1 Å². The van der Waals surface area contributed by atoms with Crippen LogP contribution in [0.2, 0.25) is 0 Å². The second-order valence-electron chi connectivity index (χ2n) is 6.34. The van der Waals surface area contributed by atoms with E-state index in [0.29, 0.717) is 19.4 Å². The zero-order chi connectivity index (χ0) is 14.7. The third kappa shape index (κ3) is 3.50. The Kier molecular flexibility index (Phi) is 4.66. The van der Waals surface area contributed by atoms with Crippen molar-refractivity contribution >= 4 is 5.69 Å². The van der Waals surface area contributed by atoms with Gasteiger partial charge in [-0.05, 0) is 32.0 Å². The molecule has 0 atom stereocenters. The van der Waals surface area contributed by atoms with Crippen LogP contribution in [0.1, 0.15) is 49.7 Å². The molecule has 1 heterocycles. The number of rotatable bonds is 3. The molecule has 116 valence electrons. The van der Waals surface area contributed by atoms with Crippen molar-refractivity contribution in [2.45, 2.75) is 57.7 Å². The number of nitrogen functional groups attached to an aromatic ring is 1. The monoisotopic (exact) mass is 290 g/mol. The Morgan fingerprint density at radius 1 is 1.19 bits per heavy atom. The molecule has 0 spiro atoms. The van der Waals surface area contributed by atoms with E-state index in [4.69, 9.17) is 15.2 Å². The lowest BCUT2D eigenvalue weighted by Crippen LogP contribution is -2.31. The molecule has 1 fully saturated rings. The smallest absolute Gasteiger partial charge is 0.189 e. The summed E-state index contributed by atoms with van der Waals surface area (Å²) in [6.45, 7) is 1.84. The number of anilines is 1. The van der Waals surface area contributed by atoms with Crippen LogP contribution in [0.15, 0.2) is 12.1 Å². The SMILES string of the molecule is CN(Cc1cc(N)cc2c1OCOC2)C1CCCCCC1. The number of nitrogens with zero attached hydrogens (tertiary/aromatic N) is 1. The van der Waals surface area contributed by atoms with Crippen molar-refractivity contribution in [3.63, 3.8) is 0 Å². The first-order chi connectivity index (χ1) is 10.2. The van der Waals surface area contributed by atoms with Gasteiger partial charge in [-0.1, -0.05) is 25.7 Å². The maximum absolute atomic E-state index is 6.03. The Balaban J connectivity index is 1.75. The summed E-state index contributed by atoms with van der Waals surface area (Å²) in [5.41, 5.74) is 9.10. The summed E-state index contributed by atoms with van der Waals surface area (Å²) < 4.78 is 11.1. The minimum atomic E-state index is 0.344. The first kappa shape index (κ1) is 14.7. The molecule has 3 rings (SSSR count). The summed E-state index contributed by atoms with van der Waals surface area (Å²) in [5, 5.41) is 0. The molecule has 2 aliphatic rings. The van der Waals surface area contributed by atoms with Crippen LogP contribution in [-0.2, 0) is 17.9 Å². The molecule has 0 bridgehead atoms. The van der Waals surface area contributed by atoms with Gasteiger partial charge in [0.1, 0.15) is 5.75 Å². The van der Waals surface area contributed by atoms with Crippen molar-refractivity contribution < 1.29 is 9.47 Å². The summed E-state index contributed by atoms with van der Waals surface area (Å²) in [6, 6.07) is 4.70. The molecule has 0 unspecified atom stereocenters. The first-order valence-corrected chi connectivity index (χ1v) is 8.06. The zero-order valence-corrected chi connectivity index (χ0v) is 12.9. The van der Waals surface area contributed by atoms with Crippen LogP contribution in [0.4, 0.5) is 5.69 Å². The van der Waals surface area contributed by atoms with Crippen molar-refractivity contribution in [1.82, 2.24) is 4.90 Å². The lowest BCUT2D eigenvalue weighted by Gasteiger charge is -2.29. The maximum Gasteiger partial charge on any atom is 0.189 e. The van der Waals surface area contributed by atoms with Crippen molar-refractivity contribution in [2.75, 3.05) is 19.6 Å². The largest absolute Gasteiger partial charge is 0.467 e. The van der Waals surface area contributed by atoms with E-state index in [0.717, 1.165) is 23.5 Å². The maximum atomic E-state index is 6.03. The highest BCUT2D eigenvalue weighted by molar-refractivity contribution is 5.53. The third-order valence-corrected chi connectivity index (χ3v) is 4.68. The highest BCUT2D eigenvalue weighted by Gasteiger charge is 2.21. The average molecular weight is 290 g/mol. The molecule has 1 aromatic carbocycles. The summed E-state index contributed by atoms with van der Waals surface area (Å²) in [6.07, 6.45) is 8.11. The molecule has 0 amide bonds. The van der Waals surface area contributed by atoms with Gasteiger partial charge in [0, 0.05) is 29.4 Å². The molecule has 1 saturated carbocycles. The first-order valence-electron chi connectivity index (χ1n) is 8.06. The Morgan fingerprint density at radius 2 is 1.95 bits per heavy atom. The number of fused-ring (bicyclic) bond motifs is 1. The molecule has 0 saturated heterocycles. The highest BCUT2D eigenvalue weighted by atomic mass is 16.7. The van der Waals surface area contributed by atoms with Crippen molar-refractivity contribution in [3.8, 4) is 5.75 Å². The van der Waals surface area contributed by atoms with E-state index in [-0.39, 0.29) is 0 Å². The topological polar surface area (TPSA) is 47.7 Å².